The number of urea groups is 1. The molecule has 10 atom stereocenters. The molecule has 0 aliphatic heterocycles. The van der Waals surface area contributed by atoms with Gasteiger partial charge < -0.3 is 15.5 Å². The van der Waals surface area contributed by atoms with E-state index in [4.69, 9.17) is 0 Å². The molecule has 4 aliphatic carbocycles. The van der Waals surface area contributed by atoms with Crippen molar-refractivity contribution in [2.24, 2.45) is 46.3 Å². The fourth-order valence-corrected chi connectivity index (χ4v) is 11.1. The number of fused-ring (bicyclic) bond motifs is 5. The predicted octanol–water partition coefficient (Wildman–Crippen LogP) is 5.99. The van der Waals surface area contributed by atoms with Gasteiger partial charge in [0.25, 0.3) is 10.0 Å². The normalized spacial score (nSPS) is 39.0. The van der Waals surface area contributed by atoms with E-state index in [1.165, 1.54) is 6.42 Å². The maximum Gasteiger partial charge on any atom is 0.328 e. The SMILES string of the molecule is C[C@H](CCNC(=O)NS(=O)(=O)c1ccc(C(C)(C)C)cc1)[C@H]1CC[C@H]2[C@@H]3[C@H](O)C[C@@H]4C[C@H](O)CC[C@]4(C)[C@H]3CC[C@]12C. The maximum absolute atomic E-state index is 12.8. The molecular formula is C34H54N2O5S. The zero-order valence-electron chi connectivity index (χ0n) is 26.5. The lowest BCUT2D eigenvalue weighted by molar-refractivity contribution is -0.174. The van der Waals surface area contributed by atoms with Crippen LogP contribution in [0.4, 0.5) is 4.79 Å². The van der Waals surface area contributed by atoms with Gasteiger partial charge in [-0.15, -0.1) is 0 Å². The second kappa shape index (κ2) is 11.4. The van der Waals surface area contributed by atoms with Gasteiger partial charge >= 0.3 is 6.03 Å². The van der Waals surface area contributed by atoms with Crippen molar-refractivity contribution in [2.75, 3.05) is 6.54 Å². The number of hydrogen-bond donors (Lipinski definition) is 4. The standard InChI is InChI=1S/C34H54N2O5S/c1-21(15-18-35-31(39)36-42(40,41)25-9-7-22(8-10-25)32(2,3)4)26-11-12-27-30-28(14-17-34(26,27)6)33(5)16-13-24(37)19-23(33)20-29(30)38/h7-10,21,23-24,26-30,37-38H,11-20H2,1-6H3,(H2,35,36,39)/t21-,23+,24-,26-,27+,28+,29-,30+,33+,34-/m1/s1. The average Bonchev–Trinajstić information content (AvgIpc) is 3.26. The molecule has 2 amide bonds. The van der Waals surface area contributed by atoms with Crippen molar-refractivity contribution in [3.8, 4) is 0 Å². The molecule has 4 aliphatic rings. The average molecular weight is 603 g/mol. The number of carbonyl (C=O) groups is 1. The Morgan fingerprint density at radius 1 is 0.976 bits per heavy atom. The summed E-state index contributed by atoms with van der Waals surface area (Å²) in [7, 11) is -3.95. The smallest absolute Gasteiger partial charge is 0.328 e. The monoisotopic (exact) mass is 602 g/mol. The topological polar surface area (TPSA) is 116 Å². The van der Waals surface area contributed by atoms with E-state index in [9.17, 15) is 23.4 Å². The highest BCUT2D eigenvalue weighted by molar-refractivity contribution is 7.90. The summed E-state index contributed by atoms with van der Waals surface area (Å²) >= 11 is 0. The number of amides is 2. The minimum atomic E-state index is -3.95. The molecule has 8 heteroatoms. The van der Waals surface area contributed by atoms with Crippen molar-refractivity contribution >= 4 is 16.1 Å². The van der Waals surface area contributed by atoms with Gasteiger partial charge in [0.1, 0.15) is 0 Å². The van der Waals surface area contributed by atoms with Crippen LogP contribution in [0.5, 0.6) is 0 Å². The highest BCUT2D eigenvalue weighted by Gasteiger charge is 2.62. The molecule has 0 radical (unpaired) electrons. The van der Waals surface area contributed by atoms with Gasteiger partial charge in [0.2, 0.25) is 0 Å². The quantitative estimate of drug-likeness (QED) is 0.319. The second-order valence-electron chi connectivity index (χ2n) is 15.9. The van der Waals surface area contributed by atoms with E-state index in [1.54, 1.807) is 24.3 Å². The van der Waals surface area contributed by atoms with E-state index in [0.717, 1.165) is 56.9 Å². The highest BCUT2D eigenvalue weighted by Crippen LogP contribution is 2.68. The van der Waals surface area contributed by atoms with Gasteiger partial charge in [0.15, 0.2) is 0 Å². The third-order valence-corrected chi connectivity index (χ3v) is 13.9. The Morgan fingerprint density at radius 2 is 1.62 bits per heavy atom. The van der Waals surface area contributed by atoms with Crippen LogP contribution in [-0.4, -0.2) is 43.4 Å². The zero-order valence-corrected chi connectivity index (χ0v) is 27.3. The third kappa shape index (κ3) is 5.77. The molecule has 0 heterocycles. The van der Waals surface area contributed by atoms with E-state index in [2.05, 4.69) is 51.6 Å². The summed E-state index contributed by atoms with van der Waals surface area (Å²) in [5.41, 5.74) is 1.34. The molecule has 42 heavy (non-hydrogen) atoms. The first-order valence-corrected chi connectivity index (χ1v) is 17.8. The minimum absolute atomic E-state index is 0.0778. The van der Waals surface area contributed by atoms with Crippen LogP contribution in [0.2, 0.25) is 0 Å². The fraction of sp³-hybridized carbons (Fsp3) is 0.794. The number of nitrogens with one attached hydrogen (secondary N) is 2. The number of aliphatic hydroxyl groups excluding tert-OH is 2. The molecule has 4 N–H and O–H groups in total. The molecule has 236 valence electrons. The Kier molecular flexibility index (Phi) is 8.60. The lowest BCUT2D eigenvalue weighted by Crippen LogP contribution is -2.58. The first kappa shape index (κ1) is 31.8. The van der Waals surface area contributed by atoms with Crippen molar-refractivity contribution in [2.45, 2.75) is 122 Å². The molecule has 1 aromatic carbocycles. The Hall–Kier alpha value is -1.64. The molecule has 4 fully saturated rings. The summed E-state index contributed by atoms with van der Waals surface area (Å²) in [4.78, 5) is 12.6. The molecule has 0 saturated heterocycles. The molecule has 7 nitrogen and oxygen atoms in total. The number of aliphatic hydroxyl groups is 2. The lowest BCUT2D eigenvalue weighted by Gasteiger charge is -2.62. The number of hydrogen-bond acceptors (Lipinski definition) is 5. The number of rotatable bonds is 6. The van der Waals surface area contributed by atoms with Crippen LogP contribution in [0.15, 0.2) is 29.2 Å². The van der Waals surface area contributed by atoms with Gasteiger partial charge in [-0.3, -0.25) is 0 Å². The van der Waals surface area contributed by atoms with E-state index in [0.29, 0.717) is 42.1 Å². The van der Waals surface area contributed by atoms with Gasteiger partial charge in [0.05, 0.1) is 17.1 Å². The summed E-state index contributed by atoms with van der Waals surface area (Å²) in [6.45, 7) is 13.8. The number of benzene rings is 1. The zero-order chi connectivity index (χ0) is 30.7. The first-order valence-electron chi connectivity index (χ1n) is 16.3. The first-order chi connectivity index (χ1) is 19.6. The summed E-state index contributed by atoms with van der Waals surface area (Å²) in [6.07, 6.45) is 8.52. The largest absolute Gasteiger partial charge is 0.393 e. The third-order valence-electron chi connectivity index (χ3n) is 12.6. The number of carbonyl (C=O) groups excluding carboxylic acids is 1. The molecular weight excluding hydrogens is 548 g/mol. The van der Waals surface area contributed by atoms with E-state index in [-0.39, 0.29) is 33.3 Å². The van der Waals surface area contributed by atoms with Crippen LogP contribution in [-0.2, 0) is 15.4 Å². The van der Waals surface area contributed by atoms with Gasteiger partial charge in [-0.05, 0) is 127 Å². The summed E-state index contributed by atoms with van der Waals surface area (Å²) in [5.74, 6) is 2.69. The Labute approximate surface area is 253 Å². The fourth-order valence-electron chi connectivity index (χ4n) is 10.1. The van der Waals surface area contributed by atoms with Gasteiger partial charge in [-0.2, -0.15) is 0 Å². The molecule has 0 bridgehead atoms. The van der Waals surface area contributed by atoms with E-state index < -0.39 is 16.1 Å². The summed E-state index contributed by atoms with van der Waals surface area (Å²) < 4.78 is 27.7. The van der Waals surface area contributed by atoms with Crippen molar-refractivity contribution in [1.82, 2.24) is 10.0 Å². The van der Waals surface area contributed by atoms with Gasteiger partial charge in [0, 0.05) is 6.54 Å². The molecule has 0 unspecified atom stereocenters. The van der Waals surface area contributed by atoms with Crippen LogP contribution in [0.1, 0.15) is 105 Å². The summed E-state index contributed by atoms with van der Waals surface area (Å²) in [6, 6.07) is 5.99. The van der Waals surface area contributed by atoms with Crippen LogP contribution in [0.3, 0.4) is 0 Å². The Balaban J connectivity index is 1.16. The second-order valence-corrected chi connectivity index (χ2v) is 17.5. The van der Waals surface area contributed by atoms with Crippen molar-refractivity contribution in [1.29, 1.82) is 0 Å². The van der Waals surface area contributed by atoms with E-state index >= 15 is 0 Å². The van der Waals surface area contributed by atoms with Gasteiger partial charge in [-0.25, -0.2) is 17.9 Å². The van der Waals surface area contributed by atoms with E-state index in [1.807, 2.05) is 0 Å². The highest BCUT2D eigenvalue weighted by atomic mass is 32.2. The van der Waals surface area contributed by atoms with Crippen molar-refractivity contribution in [3.05, 3.63) is 29.8 Å². The molecule has 5 rings (SSSR count). The Bertz CT molecular complexity index is 1240. The van der Waals surface area contributed by atoms with Crippen LogP contribution < -0.4 is 10.0 Å². The lowest BCUT2D eigenvalue weighted by atomic mass is 9.43. The summed E-state index contributed by atoms with van der Waals surface area (Å²) in [5, 5.41) is 24.6. The Morgan fingerprint density at radius 3 is 2.29 bits per heavy atom. The predicted molar refractivity (Wildman–Crippen MR) is 165 cm³/mol. The van der Waals surface area contributed by atoms with Crippen LogP contribution >= 0.6 is 0 Å². The van der Waals surface area contributed by atoms with Crippen molar-refractivity contribution < 1.29 is 23.4 Å². The molecule has 1 aromatic rings. The van der Waals surface area contributed by atoms with Crippen LogP contribution in [0, 0.1) is 46.3 Å². The molecule has 4 saturated carbocycles. The van der Waals surface area contributed by atoms with Crippen LogP contribution in [0.25, 0.3) is 0 Å². The van der Waals surface area contributed by atoms with Gasteiger partial charge in [-0.1, -0.05) is 53.7 Å². The van der Waals surface area contributed by atoms with Crippen molar-refractivity contribution in [3.63, 3.8) is 0 Å². The molecule has 0 spiro atoms. The number of sulfonamides is 1. The minimum Gasteiger partial charge on any atom is -0.393 e. The maximum atomic E-state index is 12.8. The molecule has 0 aromatic heterocycles.